The molecule has 1 aliphatic heterocycles. The third-order valence-electron chi connectivity index (χ3n) is 3.16. The van der Waals surface area contributed by atoms with Crippen LogP contribution in [0.3, 0.4) is 0 Å². The first-order chi connectivity index (χ1) is 8.29. The molecular weight excluding hydrogens is 216 g/mol. The molecule has 0 aromatic carbocycles. The Morgan fingerprint density at radius 1 is 1.59 bits per heavy atom. The van der Waals surface area contributed by atoms with E-state index in [0.29, 0.717) is 18.0 Å². The molecule has 1 aromatic heterocycles. The van der Waals surface area contributed by atoms with E-state index in [2.05, 4.69) is 17.2 Å². The van der Waals surface area contributed by atoms with Crippen LogP contribution in [0, 0.1) is 0 Å². The predicted octanol–water partition coefficient (Wildman–Crippen LogP) is 1.75. The summed E-state index contributed by atoms with van der Waals surface area (Å²) < 4.78 is 10.7. The number of hydrogen-bond acceptors (Lipinski definition) is 4. The Labute approximate surface area is 102 Å². The largest absolute Gasteiger partial charge is 0.481 e. The second kappa shape index (κ2) is 5.98. The number of hydrogen-bond donors (Lipinski definition) is 1. The number of rotatable bonds is 5. The van der Waals surface area contributed by atoms with Gasteiger partial charge in [-0.2, -0.15) is 0 Å². The average Bonchev–Trinajstić information content (AvgIpc) is 2.90. The minimum absolute atomic E-state index is 0.362. The smallest absolute Gasteiger partial charge is 0.212 e. The molecular formula is C13H20N2O2. The predicted molar refractivity (Wildman–Crippen MR) is 66.1 cm³/mol. The van der Waals surface area contributed by atoms with Gasteiger partial charge in [0.1, 0.15) is 0 Å². The molecule has 0 spiro atoms. The summed E-state index contributed by atoms with van der Waals surface area (Å²) in [5, 5.41) is 3.47. The van der Waals surface area contributed by atoms with Gasteiger partial charge in [-0.15, -0.1) is 0 Å². The molecule has 0 unspecified atom stereocenters. The topological polar surface area (TPSA) is 43.4 Å². The van der Waals surface area contributed by atoms with E-state index < -0.39 is 0 Å². The maximum atomic E-state index is 5.64. The van der Waals surface area contributed by atoms with Crippen LogP contribution in [0.1, 0.15) is 25.3 Å². The summed E-state index contributed by atoms with van der Waals surface area (Å²) in [4.78, 5) is 4.18. The zero-order chi connectivity index (χ0) is 12.1. The minimum atomic E-state index is 0.362. The fourth-order valence-corrected chi connectivity index (χ4v) is 2.04. The third-order valence-corrected chi connectivity index (χ3v) is 3.16. The summed E-state index contributed by atoms with van der Waals surface area (Å²) in [6.45, 7) is 3.89. The van der Waals surface area contributed by atoms with E-state index in [1.54, 1.807) is 7.11 Å². The van der Waals surface area contributed by atoms with Crippen LogP contribution >= 0.6 is 0 Å². The monoisotopic (exact) mass is 236 g/mol. The van der Waals surface area contributed by atoms with Gasteiger partial charge in [0.05, 0.1) is 13.2 Å². The molecule has 1 saturated heterocycles. The highest BCUT2D eigenvalue weighted by atomic mass is 16.5. The first kappa shape index (κ1) is 12.3. The minimum Gasteiger partial charge on any atom is -0.481 e. The lowest BCUT2D eigenvalue weighted by Gasteiger charge is -2.19. The zero-order valence-corrected chi connectivity index (χ0v) is 10.5. The van der Waals surface area contributed by atoms with Crippen molar-refractivity contribution >= 4 is 0 Å². The highest BCUT2D eigenvalue weighted by molar-refractivity contribution is 5.17. The maximum Gasteiger partial charge on any atom is 0.212 e. The Morgan fingerprint density at radius 3 is 3.06 bits per heavy atom. The molecule has 0 amide bonds. The summed E-state index contributed by atoms with van der Waals surface area (Å²) in [6, 6.07) is 4.30. The van der Waals surface area contributed by atoms with E-state index in [9.17, 15) is 0 Å². The highest BCUT2D eigenvalue weighted by Crippen LogP contribution is 2.15. The molecule has 1 N–H and O–H groups in total. The van der Waals surface area contributed by atoms with Gasteiger partial charge < -0.3 is 14.8 Å². The normalized spacial score (nSPS) is 21.4. The maximum absolute atomic E-state index is 5.64. The molecule has 0 aliphatic carbocycles. The van der Waals surface area contributed by atoms with E-state index in [-0.39, 0.29) is 0 Å². The van der Waals surface area contributed by atoms with E-state index in [1.165, 1.54) is 6.42 Å². The molecule has 4 nitrogen and oxygen atoms in total. The standard InChI is InChI=1S/C13H20N2O2/c1-10(12-4-3-7-17-12)14-8-11-5-6-13(16-2)15-9-11/h5-6,9-10,12,14H,3-4,7-8H2,1-2H3/t10-,12-/m0/s1. The van der Waals surface area contributed by atoms with Gasteiger partial charge in [0, 0.05) is 31.5 Å². The van der Waals surface area contributed by atoms with Crippen molar-refractivity contribution in [1.29, 1.82) is 0 Å². The van der Waals surface area contributed by atoms with Gasteiger partial charge in [0.15, 0.2) is 0 Å². The lowest BCUT2D eigenvalue weighted by Crippen LogP contribution is -2.36. The molecule has 2 rings (SSSR count). The van der Waals surface area contributed by atoms with Gasteiger partial charge in [0.25, 0.3) is 0 Å². The van der Waals surface area contributed by atoms with Crippen molar-refractivity contribution in [2.45, 2.75) is 38.5 Å². The molecule has 0 bridgehead atoms. The van der Waals surface area contributed by atoms with Gasteiger partial charge in [0.2, 0.25) is 5.88 Å². The summed E-state index contributed by atoms with van der Waals surface area (Å²) in [6.07, 6.45) is 4.55. The zero-order valence-electron chi connectivity index (χ0n) is 10.5. The van der Waals surface area contributed by atoms with Crippen LogP contribution in [0.2, 0.25) is 0 Å². The number of methoxy groups -OCH3 is 1. The van der Waals surface area contributed by atoms with Crippen molar-refractivity contribution in [3.05, 3.63) is 23.9 Å². The summed E-state index contributed by atoms with van der Waals surface area (Å²) in [5.41, 5.74) is 1.16. The second-order valence-electron chi connectivity index (χ2n) is 4.43. The molecule has 2 atom stereocenters. The van der Waals surface area contributed by atoms with Crippen molar-refractivity contribution in [3.8, 4) is 5.88 Å². The fraction of sp³-hybridized carbons (Fsp3) is 0.615. The summed E-state index contributed by atoms with van der Waals surface area (Å²) >= 11 is 0. The molecule has 1 aromatic rings. The van der Waals surface area contributed by atoms with Crippen molar-refractivity contribution in [1.82, 2.24) is 10.3 Å². The number of ether oxygens (including phenoxy) is 2. The SMILES string of the molecule is COc1ccc(CN[C@@H](C)[C@@H]2CCCO2)cn1. The van der Waals surface area contributed by atoms with Crippen LogP contribution in [0.5, 0.6) is 5.88 Å². The lowest BCUT2D eigenvalue weighted by molar-refractivity contribution is 0.0832. The molecule has 17 heavy (non-hydrogen) atoms. The Bertz CT molecular complexity index is 334. The first-order valence-corrected chi connectivity index (χ1v) is 6.13. The Morgan fingerprint density at radius 2 is 2.47 bits per heavy atom. The van der Waals surface area contributed by atoms with Crippen molar-refractivity contribution in [2.75, 3.05) is 13.7 Å². The average molecular weight is 236 g/mol. The Hall–Kier alpha value is -1.13. The molecule has 0 saturated carbocycles. The van der Waals surface area contributed by atoms with Gasteiger partial charge >= 0.3 is 0 Å². The number of pyridine rings is 1. The van der Waals surface area contributed by atoms with E-state index in [1.807, 2.05) is 18.3 Å². The Kier molecular flexibility index (Phi) is 4.34. The quantitative estimate of drug-likeness (QED) is 0.846. The number of nitrogens with one attached hydrogen (secondary N) is 1. The first-order valence-electron chi connectivity index (χ1n) is 6.13. The third kappa shape index (κ3) is 3.41. The van der Waals surface area contributed by atoms with E-state index in [4.69, 9.17) is 9.47 Å². The molecule has 4 heteroatoms. The summed E-state index contributed by atoms with van der Waals surface area (Å²) in [5.74, 6) is 0.654. The van der Waals surface area contributed by atoms with Crippen molar-refractivity contribution < 1.29 is 9.47 Å². The highest BCUT2D eigenvalue weighted by Gasteiger charge is 2.21. The van der Waals surface area contributed by atoms with Gasteiger partial charge in [-0.05, 0) is 25.3 Å². The van der Waals surface area contributed by atoms with Crippen molar-refractivity contribution in [3.63, 3.8) is 0 Å². The molecule has 1 aliphatic rings. The molecule has 2 heterocycles. The van der Waals surface area contributed by atoms with Gasteiger partial charge in [-0.25, -0.2) is 4.98 Å². The number of nitrogens with zero attached hydrogens (tertiary/aromatic N) is 1. The summed E-state index contributed by atoms with van der Waals surface area (Å²) in [7, 11) is 1.62. The second-order valence-corrected chi connectivity index (χ2v) is 4.43. The van der Waals surface area contributed by atoms with Crippen molar-refractivity contribution in [2.24, 2.45) is 0 Å². The van der Waals surface area contributed by atoms with Crippen LogP contribution in [0.15, 0.2) is 18.3 Å². The molecule has 94 valence electrons. The lowest BCUT2D eigenvalue weighted by atomic mass is 10.1. The van der Waals surface area contributed by atoms with E-state index >= 15 is 0 Å². The van der Waals surface area contributed by atoms with Crippen LogP contribution in [-0.4, -0.2) is 30.8 Å². The number of aromatic nitrogens is 1. The molecule has 1 fully saturated rings. The van der Waals surface area contributed by atoms with Crippen LogP contribution in [0.4, 0.5) is 0 Å². The van der Waals surface area contributed by atoms with Crippen LogP contribution < -0.4 is 10.1 Å². The van der Waals surface area contributed by atoms with E-state index in [0.717, 1.165) is 25.1 Å². The molecule has 0 radical (unpaired) electrons. The van der Waals surface area contributed by atoms with Crippen LogP contribution in [-0.2, 0) is 11.3 Å². The van der Waals surface area contributed by atoms with Gasteiger partial charge in [-0.3, -0.25) is 0 Å². The van der Waals surface area contributed by atoms with Crippen LogP contribution in [0.25, 0.3) is 0 Å². The Balaban J connectivity index is 1.80. The fourth-order valence-electron chi connectivity index (χ4n) is 2.04. The van der Waals surface area contributed by atoms with Gasteiger partial charge in [-0.1, -0.05) is 6.07 Å².